The Hall–Kier alpha value is -1.89. The van der Waals surface area contributed by atoms with Crippen molar-refractivity contribution >= 4 is 11.7 Å². The third-order valence-electron chi connectivity index (χ3n) is 3.30. The van der Waals surface area contributed by atoms with Crippen molar-refractivity contribution in [2.75, 3.05) is 13.2 Å². The predicted molar refractivity (Wildman–Crippen MR) is 74.5 cm³/mol. The lowest BCUT2D eigenvalue weighted by atomic mass is 10.0. The highest BCUT2D eigenvalue weighted by Crippen LogP contribution is 2.15. The number of hydrogen-bond donors (Lipinski definition) is 2. The van der Waals surface area contributed by atoms with Crippen LogP contribution in [-0.2, 0) is 7.05 Å². The quantitative estimate of drug-likeness (QED) is 0.557. The Morgan fingerprint density at radius 2 is 2.20 bits per heavy atom. The van der Waals surface area contributed by atoms with E-state index in [2.05, 4.69) is 5.32 Å². The van der Waals surface area contributed by atoms with Crippen LogP contribution in [0.25, 0.3) is 0 Å². The summed E-state index contributed by atoms with van der Waals surface area (Å²) >= 11 is 0. The van der Waals surface area contributed by atoms with E-state index in [1.165, 1.54) is 23.7 Å². The highest BCUT2D eigenvalue weighted by Gasteiger charge is 2.21. The third kappa shape index (κ3) is 4.06. The average molecular weight is 283 g/mol. The van der Waals surface area contributed by atoms with Crippen LogP contribution in [0, 0.1) is 16.0 Å². The normalized spacial score (nSPS) is 12.2. The first kappa shape index (κ1) is 16.2. The number of hydrogen-bond acceptors (Lipinski definition) is 4. The second-order valence-corrected chi connectivity index (χ2v) is 4.77. The van der Waals surface area contributed by atoms with Crippen molar-refractivity contribution in [1.29, 1.82) is 0 Å². The molecule has 0 aromatic carbocycles. The Kier molecular flexibility index (Phi) is 6.17. The van der Waals surface area contributed by atoms with Crippen LogP contribution in [0.5, 0.6) is 0 Å². The van der Waals surface area contributed by atoms with E-state index in [9.17, 15) is 14.9 Å². The second-order valence-electron chi connectivity index (χ2n) is 4.77. The summed E-state index contributed by atoms with van der Waals surface area (Å²) in [6, 6.07) is 2.75. The summed E-state index contributed by atoms with van der Waals surface area (Å²) in [7, 11) is 1.49. The van der Waals surface area contributed by atoms with Gasteiger partial charge in [-0.25, -0.2) is 4.57 Å². The van der Waals surface area contributed by atoms with Crippen LogP contribution in [0.15, 0.2) is 12.1 Å². The summed E-state index contributed by atoms with van der Waals surface area (Å²) in [4.78, 5) is 22.2. The van der Waals surface area contributed by atoms with Crippen molar-refractivity contribution in [1.82, 2.24) is 9.88 Å². The van der Waals surface area contributed by atoms with Crippen molar-refractivity contribution in [3.63, 3.8) is 0 Å². The molecular formula is C13H21N3O4. The van der Waals surface area contributed by atoms with E-state index in [4.69, 9.17) is 5.11 Å². The van der Waals surface area contributed by atoms with Crippen molar-refractivity contribution in [3.05, 3.63) is 27.9 Å². The SMILES string of the molecule is CCCC(CCO)CNC(=O)c1ccc([N+](=O)[O-])n1C. The smallest absolute Gasteiger partial charge is 0.323 e. The van der Waals surface area contributed by atoms with Crippen LogP contribution in [0.4, 0.5) is 5.82 Å². The van der Waals surface area contributed by atoms with Gasteiger partial charge >= 0.3 is 5.82 Å². The molecular weight excluding hydrogens is 262 g/mol. The topological polar surface area (TPSA) is 97.4 Å². The summed E-state index contributed by atoms with van der Waals surface area (Å²) in [5.41, 5.74) is 0.260. The number of amides is 1. The highest BCUT2D eigenvalue weighted by atomic mass is 16.6. The third-order valence-corrected chi connectivity index (χ3v) is 3.30. The van der Waals surface area contributed by atoms with Crippen LogP contribution >= 0.6 is 0 Å². The molecule has 0 bridgehead atoms. The number of rotatable bonds is 8. The number of nitrogens with one attached hydrogen (secondary N) is 1. The van der Waals surface area contributed by atoms with E-state index >= 15 is 0 Å². The monoisotopic (exact) mass is 283 g/mol. The molecule has 0 spiro atoms. The number of aromatic nitrogens is 1. The molecule has 2 N–H and O–H groups in total. The molecule has 0 saturated heterocycles. The van der Waals surface area contributed by atoms with Gasteiger partial charge in [0.05, 0.1) is 7.05 Å². The molecule has 1 aromatic rings. The van der Waals surface area contributed by atoms with Gasteiger partial charge < -0.3 is 20.5 Å². The van der Waals surface area contributed by atoms with Crippen LogP contribution in [0.3, 0.4) is 0 Å². The number of aliphatic hydroxyl groups excluding tert-OH is 1. The minimum atomic E-state index is -0.525. The zero-order valence-electron chi connectivity index (χ0n) is 11.8. The molecule has 112 valence electrons. The van der Waals surface area contributed by atoms with Gasteiger partial charge in [-0.05, 0) is 29.7 Å². The number of nitrogens with zero attached hydrogens (tertiary/aromatic N) is 2. The number of nitro groups is 1. The van der Waals surface area contributed by atoms with E-state index in [0.29, 0.717) is 13.0 Å². The van der Waals surface area contributed by atoms with Crippen molar-refractivity contribution < 1.29 is 14.8 Å². The van der Waals surface area contributed by atoms with Crippen LogP contribution in [0.2, 0.25) is 0 Å². The maximum atomic E-state index is 12.0. The minimum absolute atomic E-state index is 0.0934. The van der Waals surface area contributed by atoms with Crippen LogP contribution in [-0.4, -0.2) is 33.7 Å². The maximum Gasteiger partial charge on any atom is 0.323 e. The standard InChI is InChI=1S/C13H21N3O4/c1-3-4-10(7-8-17)9-14-13(18)11-5-6-12(15(11)2)16(19)20/h5-6,10,17H,3-4,7-9H2,1-2H3,(H,14,18). The first-order valence-corrected chi connectivity index (χ1v) is 6.70. The van der Waals surface area contributed by atoms with Gasteiger partial charge in [0.1, 0.15) is 0 Å². The lowest BCUT2D eigenvalue weighted by Gasteiger charge is -2.15. The Bertz CT molecular complexity index is 464. The molecule has 1 heterocycles. The molecule has 0 radical (unpaired) electrons. The summed E-state index contributed by atoms with van der Waals surface area (Å²) in [5, 5.41) is 22.4. The number of aliphatic hydroxyl groups is 1. The molecule has 1 rings (SSSR count). The highest BCUT2D eigenvalue weighted by molar-refractivity contribution is 5.93. The lowest BCUT2D eigenvalue weighted by molar-refractivity contribution is -0.391. The second kappa shape index (κ2) is 7.64. The van der Waals surface area contributed by atoms with Gasteiger partial charge in [-0.15, -0.1) is 0 Å². The van der Waals surface area contributed by atoms with Crippen LogP contribution in [0.1, 0.15) is 36.7 Å². The first-order valence-electron chi connectivity index (χ1n) is 6.70. The molecule has 1 atom stereocenters. The Morgan fingerprint density at radius 3 is 2.70 bits per heavy atom. The van der Waals surface area contributed by atoms with Gasteiger partial charge in [0.2, 0.25) is 0 Å². The number of carbonyl (C=O) groups is 1. The summed E-state index contributed by atoms with van der Waals surface area (Å²) in [6.07, 6.45) is 2.55. The van der Waals surface area contributed by atoms with Gasteiger partial charge in [-0.3, -0.25) is 4.79 Å². The fourth-order valence-corrected chi connectivity index (χ4v) is 2.18. The molecule has 1 aromatic heterocycles. The minimum Gasteiger partial charge on any atom is -0.396 e. The molecule has 0 aliphatic heterocycles. The van der Waals surface area contributed by atoms with Crippen molar-refractivity contribution in [2.45, 2.75) is 26.2 Å². The van der Waals surface area contributed by atoms with Gasteiger partial charge in [-0.1, -0.05) is 13.3 Å². The van der Waals surface area contributed by atoms with Gasteiger partial charge in [0.25, 0.3) is 5.91 Å². The van der Waals surface area contributed by atoms with E-state index in [0.717, 1.165) is 12.8 Å². The molecule has 1 unspecified atom stereocenters. The van der Waals surface area contributed by atoms with Gasteiger partial charge in [0, 0.05) is 19.2 Å². The fraction of sp³-hybridized carbons (Fsp3) is 0.615. The molecule has 20 heavy (non-hydrogen) atoms. The molecule has 1 amide bonds. The molecule has 0 aliphatic rings. The van der Waals surface area contributed by atoms with Crippen LogP contribution < -0.4 is 5.32 Å². The zero-order valence-corrected chi connectivity index (χ0v) is 11.8. The first-order chi connectivity index (χ1) is 9.51. The van der Waals surface area contributed by atoms with Gasteiger partial charge in [0.15, 0.2) is 5.69 Å². The Morgan fingerprint density at radius 1 is 1.50 bits per heavy atom. The van der Waals surface area contributed by atoms with E-state index in [-0.39, 0.29) is 29.9 Å². The predicted octanol–water partition coefficient (Wildman–Crippen LogP) is 1.46. The summed E-state index contributed by atoms with van der Waals surface area (Å²) in [6.45, 7) is 2.61. The van der Waals surface area contributed by atoms with Crippen molar-refractivity contribution in [2.24, 2.45) is 13.0 Å². The molecule has 0 saturated carbocycles. The fourth-order valence-electron chi connectivity index (χ4n) is 2.18. The largest absolute Gasteiger partial charge is 0.396 e. The molecule has 7 heteroatoms. The summed E-state index contributed by atoms with van der Waals surface area (Å²) in [5.74, 6) is -0.223. The van der Waals surface area contributed by atoms with E-state index in [1.54, 1.807) is 0 Å². The summed E-state index contributed by atoms with van der Waals surface area (Å²) < 4.78 is 1.26. The molecule has 0 aliphatic carbocycles. The Labute approximate surface area is 117 Å². The average Bonchev–Trinajstić information content (AvgIpc) is 2.78. The van der Waals surface area contributed by atoms with E-state index in [1.807, 2.05) is 6.92 Å². The number of carbonyl (C=O) groups excluding carboxylic acids is 1. The zero-order chi connectivity index (χ0) is 15.1. The molecule has 7 nitrogen and oxygen atoms in total. The lowest BCUT2D eigenvalue weighted by Crippen LogP contribution is -2.31. The van der Waals surface area contributed by atoms with E-state index < -0.39 is 4.92 Å². The van der Waals surface area contributed by atoms with Crippen molar-refractivity contribution in [3.8, 4) is 0 Å². The molecule has 0 fully saturated rings. The van der Waals surface area contributed by atoms with Gasteiger partial charge in [-0.2, -0.15) is 0 Å². The Balaban J connectivity index is 2.64. The maximum absolute atomic E-state index is 12.0.